The molecule has 0 aliphatic heterocycles. The van der Waals surface area contributed by atoms with E-state index in [0.717, 1.165) is 94.5 Å². The fourth-order valence-electron chi connectivity index (χ4n) is 8.04. The van der Waals surface area contributed by atoms with E-state index in [2.05, 4.69) is 156 Å². The second kappa shape index (κ2) is 12.1. The van der Waals surface area contributed by atoms with Gasteiger partial charge in [0.25, 0.3) is 0 Å². The zero-order valence-corrected chi connectivity index (χ0v) is 29.1. The van der Waals surface area contributed by atoms with Crippen molar-refractivity contribution in [3.05, 3.63) is 188 Å². The van der Waals surface area contributed by atoms with Crippen molar-refractivity contribution in [2.24, 2.45) is 0 Å². The molecule has 0 bridgehead atoms. The summed E-state index contributed by atoms with van der Waals surface area (Å²) in [6, 6.07) is 66.2. The summed E-state index contributed by atoms with van der Waals surface area (Å²) in [5.74, 6) is 0.723. The monoisotopic (exact) mass is 689 g/mol. The maximum absolute atomic E-state index is 6.47. The fourth-order valence-corrected chi connectivity index (χ4v) is 8.04. The summed E-state index contributed by atoms with van der Waals surface area (Å²) < 4.78 is 8.85. The van der Waals surface area contributed by atoms with E-state index in [4.69, 9.17) is 14.4 Å². The minimum absolute atomic E-state index is 0.723. The van der Waals surface area contributed by atoms with Gasteiger partial charge in [-0.25, -0.2) is 9.97 Å². The molecule has 252 valence electrons. The number of hydrogen-bond donors (Lipinski definition) is 0. The zero-order chi connectivity index (χ0) is 35.6. The van der Waals surface area contributed by atoms with Gasteiger partial charge in [0.15, 0.2) is 5.82 Å². The SMILES string of the molecule is c1ccc(-c2nc(-c3ccccc3)c3cc(-c4ccc5c(c4)c4ccc(-c6cccc7c6oc6ccccc67)cc4n5-c4ccccc4)ccc3n2)cc1. The first kappa shape index (κ1) is 30.3. The van der Waals surface area contributed by atoms with E-state index in [1.807, 2.05) is 36.4 Å². The van der Waals surface area contributed by atoms with Crippen molar-refractivity contribution < 1.29 is 4.42 Å². The molecule has 11 rings (SSSR count). The number of furan rings is 1. The van der Waals surface area contributed by atoms with E-state index in [1.165, 1.54) is 10.8 Å². The zero-order valence-electron chi connectivity index (χ0n) is 29.1. The molecule has 0 radical (unpaired) electrons. The van der Waals surface area contributed by atoms with Crippen LogP contribution in [-0.4, -0.2) is 14.5 Å². The Morgan fingerprint density at radius 3 is 1.87 bits per heavy atom. The van der Waals surface area contributed by atoms with Gasteiger partial charge in [0.2, 0.25) is 0 Å². The van der Waals surface area contributed by atoms with Gasteiger partial charge in [0, 0.05) is 49.3 Å². The molecule has 8 aromatic carbocycles. The van der Waals surface area contributed by atoms with Crippen LogP contribution in [0.2, 0.25) is 0 Å². The maximum atomic E-state index is 6.47. The number of nitrogens with zero attached hydrogens (tertiary/aromatic N) is 3. The van der Waals surface area contributed by atoms with Crippen LogP contribution in [-0.2, 0) is 0 Å². The van der Waals surface area contributed by atoms with Gasteiger partial charge in [0.05, 0.1) is 22.2 Å². The summed E-state index contributed by atoms with van der Waals surface area (Å²) in [6.45, 7) is 0. The standard InChI is InChI=1S/C50H31N3O/c1-4-13-32(14-5-1)48-43-30-34(24-27-44(43)51-50(52-48)33-15-6-2-7-16-33)35-25-28-45-42(29-35)39-26-23-36(31-46(39)53(45)37-17-8-3-9-18-37)38-20-12-21-41-40-19-10-11-22-47(40)54-49(38)41/h1-31H. The van der Waals surface area contributed by atoms with Gasteiger partial charge >= 0.3 is 0 Å². The van der Waals surface area contributed by atoms with Gasteiger partial charge in [-0.05, 0) is 65.2 Å². The molecule has 0 spiro atoms. The Kier molecular flexibility index (Phi) is 6.82. The first-order chi connectivity index (χ1) is 26.8. The molecule has 0 aliphatic carbocycles. The summed E-state index contributed by atoms with van der Waals surface area (Å²) >= 11 is 0. The van der Waals surface area contributed by atoms with E-state index in [9.17, 15) is 0 Å². The van der Waals surface area contributed by atoms with Gasteiger partial charge in [-0.1, -0.05) is 140 Å². The Morgan fingerprint density at radius 2 is 1.06 bits per heavy atom. The number of aromatic nitrogens is 3. The Bertz CT molecular complexity index is 3200. The van der Waals surface area contributed by atoms with E-state index in [1.54, 1.807) is 0 Å². The van der Waals surface area contributed by atoms with Crippen LogP contribution in [0.4, 0.5) is 0 Å². The molecule has 0 unspecified atom stereocenters. The van der Waals surface area contributed by atoms with Crippen LogP contribution in [0.5, 0.6) is 0 Å². The summed E-state index contributed by atoms with van der Waals surface area (Å²) in [5.41, 5.74) is 13.6. The van der Waals surface area contributed by atoms with Crippen molar-refractivity contribution in [1.29, 1.82) is 0 Å². The molecule has 11 aromatic rings. The average molecular weight is 690 g/mol. The molecular weight excluding hydrogens is 659 g/mol. The van der Waals surface area contributed by atoms with Gasteiger partial charge in [-0.2, -0.15) is 0 Å². The molecule has 4 heteroatoms. The minimum Gasteiger partial charge on any atom is -0.455 e. The van der Waals surface area contributed by atoms with Crippen LogP contribution in [0.15, 0.2) is 192 Å². The van der Waals surface area contributed by atoms with Crippen molar-refractivity contribution in [3.63, 3.8) is 0 Å². The van der Waals surface area contributed by atoms with Crippen molar-refractivity contribution in [2.75, 3.05) is 0 Å². The third-order valence-corrected chi connectivity index (χ3v) is 10.6. The van der Waals surface area contributed by atoms with Crippen molar-refractivity contribution in [1.82, 2.24) is 14.5 Å². The average Bonchev–Trinajstić information content (AvgIpc) is 3.79. The third kappa shape index (κ3) is 4.85. The predicted molar refractivity (Wildman–Crippen MR) is 223 cm³/mol. The lowest BCUT2D eigenvalue weighted by Gasteiger charge is -2.12. The third-order valence-electron chi connectivity index (χ3n) is 10.6. The van der Waals surface area contributed by atoms with Crippen LogP contribution >= 0.6 is 0 Å². The van der Waals surface area contributed by atoms with Crippen LogP contribution in [0.1, 0.15) is 0 Å². The number of benzene rings is 8. The summed E-state index contributed by atoms with van der Waals surface area (Å²) in [6.07, 6.45) is 0. The normalized spacial score (nSPS) is 11.7. The first-order valence-corrected chi connectivity index (χ1v) is 18.2. The molecule has 0 fully saturated rings. The smallest absolute Gasteiger partial charge is 0.160 e. The van der Waals surface area contributed by atoms with E-state index in [-0.39, 0.29) is 0 Å². The van der Waals surface area contributed by atoms with Crippen LogP contribution < -0.4 is 0 Å². The highest BCUT2D eigenvalue weighted by atomic mass is 16.3. The summed E-state index contributed by atoms with van der Waals surface area (Å²) in [7, 11) is 0. The van der Waals surface area contributed by atoms with Gasteiger partial charge < -0.3 is 8.98 Å². The largest absolute Gasteiger partial charge is 0.455 e. The molecule has 0 aliphatic rings. The predicted octanol–water partition coefficient (Wildman–Crippen LogP) is 13.3. The molecule has 4 nitrogen and oxygen atoms in total. The topological polar surface area (TPSA) is 43.9 Å². The summed E-state index contributed by atoms with van der Waals surface area (Å²) in [4.78, 5) is 10.2. The number of rotatable bonds is 5. The molecule has 0 saturated carbocycles. The van der Waals surface area contributed by atoms with Crippen LogP contribution in [0.25, 0.3) is 105 Å². The number of para-hydroxylation sites is 3. The van der Waals surface area contributed by atoms with E-state index >= 15 is 0 Å². The van der Waals surface area contributed by atoms with Gasteiger partial charge in [-0.3, -0.25) is 0 Å². The second-order valence-electron chi connectivity index (χ2n) is 13.8. The van der Waals surface area contributed by atoms with Crippen LogP contribution in [0, 0.1) is 0 Å². The lowest BCUT2D eigenvalue weighted by molar-refractivity contribution is 0.670. The number of hydrogen-bond acceptors (Lipinski definition) is 3. The van der Waals surface area contributed by atoms with Crippen molar-refractivity contribution >= 4 is 54.6 Å². The molecule has 0 saturated heterocycles. The molecule has 3 heterocycles. The Labute approximate surface area is 311 Å². The Morgan fingerprint density at radius 1 is 0.389 bits per heavy atom. The molecule has 0 amide bonds. The lowest BCUT2D eigenvalue weighted by atomic mass is 9.98. The Balaban J connectivity index is 1.10. The number of fused-ring (bicyclic) bond motifs is 7. The van der Waals surface area contributed by atoms with E-state index < -0.39 is 0 Å². The van der Waals surface area contributed by atoms with Crippen molar-refractivity contribution in [2.45, 2.75) is 0 Å². The highest BCUT2D eigenvalue weighted by molar-refractivity contribution is 6.13. The first-order valence-electron chi connectivity index (χ1n) is 18.2. The Hall–Kier alpha value is -7.30. The summed E-state index contributed by atoms with van der Waals surface area (Å²) in [5, 5.41) is 5.67. The van der Waals surface area contributed by atoms with Gasteiger partial charge in [-0.15, -0.1) is 0 Å². The fraction of sp³-hybridized carbons (Fsp3) is 0. The quantitative estimate of drug-likeness (QED) is 0.181. The highest BCUT2D eigenvalue weighted by Crippen LogP contribution is 2.41. The highest BCUT2D eigenvalue weighted by Gasteiger charge is 2.18. The molecule has 3 aromatic heterocycles. The van der Waals surface area contributed by atoms with Crippen LogP contribution in [0.3, 0.4) is 0 Å². The molecule has 0 atom stereocenters. The van der Waals surface area contributed by atoms with Crippen molar-refractivity contribution in [3.8, 4) is 50.6 Å². The molecule has 54 heavy (non-hydrogen) atoms. The minimum atomic E-state index is 0.723. The van der Waals surface area contributed by atoms with E-state index in [0.29, 0.717) is 0 Å². The second-order valence-corrected chi connectivity index (χ2v) is 13.8. The van der Waals surface area contributed by atoms with Gasteiger partial charge in [0.1, 0.15) is 11.2 Å². The lowest BCUT2D eigenvalue weighted by Crippen LogP contribution is -1.95. The maximum Gasteiger partial charge on any atom is 0.160 e. The molecular formula is C50H31N3O. The molecule has 0 N–H and O–H groups in total.